The van der Waals surface area contributed by atoms with Gasteiger partial charge >= 0.3 is 60.4 Å². The average molecular weight is 178 g/mol. The second kappa shape index (κ2) is 6.41. The van der Waals surface area contributed by atoms with Gasteiger partial charge < -0.3 is 18.8 Å². The molecule has 0 bridgehead atoms. The molecule has 0 aliphatic heterocycles. The first kappa shape index (κ1) is 13.3. The minimum absolute atomic E-state index is 0. The van der Waals surface area contributed by atoms with E-state index in [9.17, 15) is 0 Å². The van der Waals surface area contributed by atoms with Gasteiger partial charge in [-0.1, -0.05) is 6.92 Å². The van der Waals surface area contributed by atoms with E-state index in [0.717, 1.165) is 0 Å². The van der Waals surface area contributed by atoms with Gasteiger partial charge in [-0.15, -0.1) is 0 Å². The van der Waals surface area contributed by atoms with Crippen LogP contribution in [0, 0.1) is 0 Å². The Morgan fingerprint density at radius 3 is 1.89 bits per heavy atom. The van der Waals surface area contributed by atoms with Gasteiger partial charge in [0.25, 0.3) is 0 Å². The van der Waals surface area contributed by atoms with E-state index in [0.29, 0.717) is 6.42 Å². The quantitative estimate of drug-likeness (QED) is 0.445. The summed E-state index contributed by atoms with van der Waals surface area (Å²) in [5.74, 6) is 0. The van der Waals surface area contributed by atoms with Gasteiger partial charge in [-0.3, -0.25) is 0 Å². The molecule has 0 atom stereocenters. The van der Waals surface area contributed by atoms with Crippen LogP contribution in [0.4, 0.5) is 0 Å². The molecule has 0 aromatic heterocycles. The zero-order chi connectivity index (χ0) is 6.62. The Bertz CT molecular complexity index is 63.3. The molecule has 0 saturated carbocycles. The first-order valence-electron chi connectivity index (χ1n) is 2.37. The van der Waals surface area contributed by atoms with Crippen LogP contribution in [0.5, 0.6) is 0 Å². The van der Waals surface area contributed by atoms with Gasteiger partial charge in [0.1, 0.15) is 0 Å². The summed E-state index contributed by atoms with van der Waals surface area (Å²) in [7, 11) is -4.18. The summed E-state index contributed by atoms with van der Waals surface area (Å²) < 4.78 is 4.18. The van der Waals surface area contributed by atoms with Crippen molar-refractivity contribution in [3.63, 3.8) is 0 Å². The molecule has 4 nitrogen and oxygen atoms in total. The van der Waals surface area contributed by atoms with Crippen LogP contribution in [0.25, 0.3) is 0 Å². The summed E-state index contributed by atoms with van der Waals surface area (Å²) >= 11 is 0. The summed E-state index contributed by atoms with van der Waals surface area (Å²) in [6.45, 7) is 2.00. The van der Waals surface area contributed by atoms with Gasteiger partial charge in [0.2, 0.25) is 0 Å². The molecule has 0 aromatic rings. The van der Waals surface area contributed by atoms with E-state index in [1.807, 2.05) is 0 Å². The zero-order valence-electron chi connectivity index (χ0n) is 4.66. The van der Waals surface area contributed by atoms with E-state index in [-0.39, 0.29) is 58.0 Å². The SMILES string of the molecule is CCCO[Si](O)(O)O.[KH]. The first-order valence-corrected chi connectivity index (χ1v) is 4.12. The second-order valence-corrected chi connectivity index (χ2v) is 2.86. The summed E-state index contributed by atoms with van der Waals surface area (Å²) in [4.78, 5) is 24.5. The Labute approximate surface area is 97.8 Å². The maximum atomic E-state index is 8.18. The van der Waals surface area contributed by atoms with Gasteiger partial charge in [-0.2, -0.15) is 0 Å². The Balaban J connectivity index is 0. The fourth-order valence-corrected chi connectivity index (χ4v) is 0.717. The molecule has 0 unspecified atom stereocenters. The Kier molecular flexibility index (Phi) is 9.46. The summed E-state index contributed by atoms with van der Waals surface area (Å²) in [5.41, 5.74) is 0. The summed E-state index contributed by atoms with van der Waals surface area (Å²) in [6, 6.07) is 0. The van der Waals surface area contributed by atoms with Gasteiger partial charge in [0.05, 0.1) is 0 Å². The third-order valence-electron chi connectivity index (χ3n) is 0.500. The number of rotatable bonds is 3. The molecule has 0 heterocycles. The fraction of sp³-hybridized carbons (Fsp3) is 1.00. The van der Waals surface area contributed by atoms with Crippen molar-refractivity contribution in [3.05, 3.63) is 0 Å². The molecule has 9 heavy (non-hydrogen) atoms. The van der Waals surface area contributed by atoms with Gasteiger partial charge in [0, 0.05) is 6.61 Å². The van der Waals surface area contributed by atoms with Crippen LogP contribution in [0.15, 0.2) is 0 Å². The van der Waals surface area contributed by atoms with E-state index >= 15 is 0 Å². The van der Waals surface area contributed by atoms with Crippen molar-refractivity contribution in [2.24, 2.45) is 0 Å². The predicted molar refractivity (Wildman–Crippen MR) is 35.8 cm³/mol. The zero-order valence-corrected chi connectivity index (χ0v) is 5.66. The molecule has 6 heteroatoms. The standard InChI is InChI=1S/C3H10O4Si.K.H/c1-2-3-7-8(4,5)6;;/h4-6H,2-3H2,1H3;;. The van der Waals surface area contributed by atoms with Crippen molar-refractivity contribution < 1.29 is 18.8 Å². The molecule has 0 aromatic carbocycles. The van der Waals surface area contributed by atoms with Crippen LogP contribution in [-0.4, -0.2) is 81.4 Å². The summed E-state index contributed by atoms with van der Waals surface area (Å²) in [6.07, 6.45) is 0.663. The van der Waals surface area contributed by atoms with Crippen LogP contribution in [-0.2, 0) is 4.43 Å². The third kappa shape index (κ3) is 12.8. The van der Waals surface area contributed by atoms with E-state index in [4.69, 9.17) is 14.4 Å². The predicted octanol–water partition coefficient (Wildman–Crippen LogP) is -1.82. The van der Waals surface area contributed by atoms with Gasteiger partial charge in [0.15, 0.2) is 0 Å². The Morgan fingerprint density at radius 2 is 1.78 bits per heavy atom. The monoisotopic (exact) mass is 178 g/mol. The van der Waals surface area contributed by atoms with Crippen molar-refractivity contribution in [2.75, 3.05) is 6.61 Å². The van der Waals surface area contributed by atoms with Crippen molar-refractivity contribution in [2.45, 2.75) is 13.3 Å². The molecule has 0 aliphatic rings. The Morgan fingerprint density at radius 1 is 1.33 bits per heavy atom. The second-order valence-electron chi connectivity index (χ2n) is 1.42. The minimum atomic E-state index is -4.18. The molecular formula is C3H11KO4Si. The maximum absolute atomic E-state index is 8.18. The molecule has 0 saturated heterocycles. The van der Waals surface area contributed by atoms with Crippen molar-refractivity contribution in [1.29, 1.82) is 0 Å². The van der Waals surface area contributed by atoms with E-state index in [2.05, 4.69) is 4.43 Å². The van der Waals surface area contributed by atoms with Gasteiger partial charge in [-0.05, 0) is 6.42 Å². The Hall–Kier alpha value is 1.69. The normalized spacial score (nSPS) is 10.7. The number of hydrogen-bond acceptors (Lipinski definition) is 4. The summed E-state index contributed by atoms with van der Waals surface area (Å²) in [5, 5.41) is 0. The van der Waals surface area contributed by atoms with Gasteiger partial charge in [-0.25, -0.2) is 0 Å². The molecule has 0 amide bonds. The third-order valence-corrected chi connectivity index (χ3v) is 1.09. The van der Waals surface area contributed by atoms with E-state index < -0.39 is 9.05 Å². The fourth-order valence-electron chi connectivity index (χ4n) is 0.239. The number of hydrogen-bond donors (Lipinski definition) is 3. The van der Waals surface area contributed by atoms with Crippen LogP contribution < -0.4 is 0 Å². The molecule has 0 spiro atoms. The molecule has 0 fully saturated rings. The van der Waals surface area contributed by atoms with Crippen molar-refractivity contribution >= 4 is 60.4 Å². The van der Waals surface area contributed by atoms with Crippen LogP contribution >= 0.6 is 0 Å². The van der Waals surface area contributed by atoms with Crippen molar-refractivity contribution in [3.8, 4) is 0 Å². The molecule has 0 rings (SSSR count). The molecule has 52 valence electrons. The first-order chi connectivity index (χ1) is 3.56. The molecule has 3 N–H and O–H groups in total. The van der Waals surface area contributed by atoms with Crippen LogP contribution in [0.1, 0.15) is 13.3 Å². The average Bonchev–Trinajstić information content (AvgIpc) is 1.59. The molecule has 0 aliphatic carbocycles. The molecule has 0 radical (unpaired) electrons. The van der Waals surface area contributed by atoms with Crippen molar-refractivity contribution in [1.82, 2.24) is 0 Å². The van der Waals surface area contributed by atoms with Crippen LogP contribution in [0.3, 0.4) is 0 Å². The molecular weight excluding hydrogens is 167 g/mol. The van der Waals surface area contributed by atoms with E-state index in [1.165, 1.54) is 0 Å². The topological polar surface area (TPSA) is 69.9 Å². The van der Waals surface area contributed by atoms with Crippen LogP contribution in [0.2, 0.25) is 0 Å². The van der Waals surface area contributed by atoms with E-state index in [1.54, 1.807) is 6.92 Å².